The molecule has 1 aliphatic rings. The number of ether oxygens (including phenoxy) is 1. The summed E-state index contributed by atoms with van der Waals surface area (Å²) < 4.78 is 5.82. The lowest BCUT2D eigenvalue weighted by Crippen LogP contribution is -2.29. The minimum atomic E-state index is 0.839. The van der Waals surface area contributed by atoms with Crippen LogP contribution in [0.25, 0.3) is 0 Å². The van der Waals surface area contributed by atoms with E-state index in [1.165, 1.54) is 70.1 Å². The van der Waals surface area contributed by atoms with Crippen molar-refractivity contribution in [3.05, 3.63) is 24.3 Å². The molecule has 1 saturated heterocycles. The largest absolute Gasteiger partial charge is 0.494 e. The fourth-order valence-corrected chi connectivity index (χ4v) is 3.28. The number of hydrogen-bond donors (Lipinski definition) is 1. The highest BCUT2D eigenvalue weighted by Crippen LogP contribution is 2.16. The first-order chi connectivity index (χ1) is 11.9. The topological polar surface area (TPSA) is 24.5 Å². The maximum Gasteiger partial charge on any atom is 0.119 e. The zero-order chi connectivity index (χ0) is 16.9. The van der Waals surface area contributed by atoms with Crippen molar-refractivity contribution in [1.29, 1.82) is 0 Å². The molecule has 2 rings (SSSR count). The van der Waals surface area contributed by atoms with Gasteiger partial charge in [-0.1, -0.05) is 45.4 Å². The average Bonchev–Trinajstić information content (AvgIpc) is 2.88. The van der Waals surface area contributed by atoms with E-state index < -0.39 is 0 Å². The van der Waals surface area contributed by atoms with Crippen LogP contribution in [0.5, 0.6) is 5.75 Å². The van der Waals surface area contributed by atoms with E-state index in [9.17, 15) is 0 Å². The Bertz CT molecular complexity index is 410. The van der Waals surface area contributed by atoms with Gasteiger partial charge < -0.3 is 15.0 Å². The van der Waals surface area contributed by atoms with Gasteiger partial charge in [0.05, 0.1) is 6.61 Å². The summed E-state index contributed by atoms with van der Waals surface area (Å²) >= 11 is 0. The minimum Gasteiger partial charge on any atom is -0.494 e. The Balaban J connectivity index is 1.57. The van der Waals surface area contributed by atoms with Crippen LogP contribution >= 0.6 is 0 Å². The Kier molecular flexibility index (Phi) is 9.70. The lowest BCUT2D eigenvalue weighted by Gasteiger charge is -2.20. The van der Waals surface area contributed by atoms with Crippen molar-refractivity contribution in [3.63, 3.8) is 0 Å². The zero-order valence-corrected chi connectivity index (χ0v) is 15.6. The van der Waals surface area contributed by atoms with Crippen LogP contribution in [0.2, 0.25) is 0 Å². The second kappa shape index (κ2) is 12.2. The Hall–Kier alpha value is -1.22. The van der Waals surface area contributed by atoms with E-state index in [0.29, 0.717) is 0 Å². The van der Waals surface area contributed by atoms with E-state index in [4.69, 9.17) is 4.74 Å². The smallest absolute Gasteiger partial charge is 0.119 e. The summed E-state index contributed by atoms with van der Waals surface area (Å²) in [5, 5.41) is 3.53. The number of anilines is 1. The van der Waals surface area contributed by atoms with Crippen molar-refractivity contribution in [3.8, 4) is 5.75 Å². The molecule has 0 aliphatic carbocycles. The van der Waals surface area contributed by atoms with Crippen molar-refractivity contribution in [2.24, 2.45) is 0 Å². The van der Waals surface area contributed by atoms with E-state index >= 15 is 0 Å². The van der Waals surface area contributed by atoms with Crippen LogP contribution < -0.4 is 10.1 Å². The molecule has 3 nitrogen and oxygen atoms in total. The molecule has 136 valence electrons. The van der Waals surface area contributed by atoms with Gasteiger partial charge in [0.1, 0.15) is 5.75 Å². The van der Waals surface area contributed by atoms with Crippen LogP contribution in [0.4, 0.5) is 5.69 Å². The van der Waals surface area contributed by atoms with Crippen molar-refractivity contribution < 1.29 is 4.74 Å². The number of hydrogen-bond acceptors (Lipinski definition) is 3. The van der Waals surface area contributed by atoms with Crippen LogP contribution in [0.1, 0.15) is 64.7 Å². The Morgan fingerprint density at radius 3 is 2.33 bits per heavy atom. The van der Waals surface area contributed by atoms with Gasteiger partial charge in [0.25, 0.3) is 0 Å². The molecule has 3 heteroatoms. The molecule has 1 aromatic rings. The van der Waals surface area contributed by atoms with Crippen LogP contribution in [-0.2, 0) is 0 Å². The molecule has 1 heterocycles. The number of benzene rings is 1. The highest BCUT2D eigenvalue weighted by atomic mass is 16.5. The fraction of sp³-hybridized carbons (Fsp3) is 0.714. The highest BCUT2D eigenvalue weighted by molar-refractivity contribution is 5.46. The second-order valence-electron chi connectivity index (χ2n) is 6.97. The van der Waals surface area contributed by atoms with E-state index in [1.54, 1.807) is 0 Å². The van der Waals surface area contributed by atoms with Crippen LogP contribution in [0.15, 0.2) is 24.3 Å². The minimum absolute atomic E-state index is 0.839. The van der Waals surface area contributed by atoms with Gasteiger partial charge in [-0.05, 0) is 56.6 Å². The molecule has 0 radical (unpaired) electrons. The standard InChI is InChI=1S/C21H36N2O/c1-2-3-4-7-10-19-24-21-13-11-20(12-14-21)22-15-18-23-16-8-5-6-9-17-23/h11-14,22H,2-10,15-19H2,1H3. The van der Waals surface area contributed by atoms with Gasteiger partial charge in [-0.15, -0.1) is 0 Å². The molecule has 0 spiro atoms. The quantitative estimate of drug-likeness (QED) is 0.555. The SMILES string of the molecule is CCCCCCCOc1ccc(NCCN2CCCCCC2)cc1. The summed E-state index contributed by atoms with van der Waals surface area (Å²) in [5.41, 5.74) is 1.19. The van der Waals surface area contributed by atoms with Crippen molar-refractivity contribution in [2.75, 3.05) is 38.1 Å². The number of likely N-dealkylation sites (tertiary alicyclic amines) is 1. The molecule has 0 atom stereocenters. The number of nitrogens with zero attached hydrogens (tertiary/aromatic N) is 1. The van der Waals surface area contributed by atoms with Gasteiger partial charge in [0.2, 0.25) is 0 Å². The van der Waals surface area contributed by atoms with Gasteiger partial charge in [-0.25, -0.2) is 0 Å². The molecule has 0 unspecified atom stereocenters. The maximum atomic E-state index is 5.82. The van der Waals surface area contributed by atoms with Gasteiger partial charge >= 0.3 is 0 Å². The van der Waals surface area contributed by atoms with E-state index in [2.05, 4.69) is 41.4 Å². The lowest BCUT2D eigenvalue weighted by atomic mass is 10.2. The second-order valence-corrected chi connectivity index (χ2v) is 6.97. The van der Waals surface area contributed by atoms with Crippen LogP contribution in [0, 0.1) is 0 Å². The lowest BCUT2D eigenvalue weighted by molar-refractivity contribution is 0.296. The maximum absolute atomic E-state index is 5.82. The molecule has 1 fully saturated rings. The van der Waals surface area contributed by atoms with Crippen molar-refractivity contribution >= 4 is 5.69 Å². The normalized spacial score (nSPS) is 15.9. The molecule has 0 aromatic heterocycles. The number of rotatable bonds is 11. The molecule has 0 bridgehead atoms. The van der Waals surface area contributed by atoms with Crippen LogP contribution in [0.3, 0.4) is 0 Å². The van der Waals surface area contributed by atoms with Gasteiger partial charge in [0, 0.05) is 18.8 Å². The van der Waals surface area contributed by atoms with Gasteiger partial charge in [-0.2, -0.15) is 0 Å². The first kappa shape index (κ1) is 19.1. The first-order valence-corrected chi connectivity index (χ1v) is 10.1. The third-order valence-electron chi connectivity index (χ3n) is 4.83. The zero-order valence-electron chi connectivity index (χ0n) is 15.6. The monoisotopic (exact) mass is 332 g/mol. The summed E-state index contributed by atoms with van der Waals surface area (Å²) in [5.74, 6) is 0.989. The molecule has 1 aromatic carbocycles. The van der Waals surface area contributed by atoms with Gasteiger partial charge in [-0.3, -0.25) is 0 Å². The first-order valence-electron chi connectivity index (χ1n) is 10.1. The summed E-state index contributed by atoms with van der Waals surface area (Å²) in [6, 6.07) is 8.43. The Morgan fingerprint density at radius 1 is 0.917 bits per heavy atom. The van der Waals surface area contributed by atoms with E-state index in [1.807, 2.05) is 0 Å². The summed E-state index contributed by atoms with van der Waals surface area (Å²) in [7, 11) is 0. The van der Waals surface area contributed by atoms with E-state index in [-0.39, 0.29) is 0 Å². The van der Waals surface area contributed by atoms with E-state index in [0.717, 1.165) is 31.9 Å². The third-order valence-corrected chi connectivity index (χ3v) is 4.83. The molecule has 1 N–H and O–H groups in total. The average molecular weight is 333 g/mol. The molecular formula is C21H36N2O. The predicted molar refractivity (Wildman–Crippen MR) is 104 cm³/mol. The van der Waals surface area contributed by atoms with Crippen LogP contribution in [-0.4, -0.2) is 37.7 Å². The third kappa shape index (κ3) is 8.05. The van der Waals surface area contributed by atoms with Crippen molar-refractivity contribution in [2.45, 2.75) is 64.7 Å². The Morgan fingerprint density at radius 2 is 1.62 bits per heavy atom. The summed E-state index contributed by atoms with van der Waals surface area (Å²) in [6.07, 6.45) is 12.0. The Labute approximate surface area is 148 Å². The summed E-state index contributed by atoms with van der Waals surface area (Å²) in [6.45, 7) is 7.80. The van der Waals surface area contributed by atoms with Gasteiger partial charge in [0.15, 0.2) is 0 Å². The molecular weight excluding hydrogens is 296 g/mol. The predicted octanol–water partition coefficient (Wildman–Crippen LogP) is 5.32. The summed E-state index contributed by atoms with van der Waals surface area (Å²) in [4.78, 5) is 2.59. The molecule has 0 saturated carbocycles. The molecule has 1 aliphatic heterocycles. The molecule has 24 heavy (non-hydrogen) atoms. The molecule has 0 amide bonds. The van der Waals surface area contributed by atoms with Crippen molar-refractivity contribution in [1.82, 2.24) is 4.90 Å². The number of unbranched alkanes of at least 4 members (excludes halogenated alkanes) is 4. The highest BCUT2D eigenvalue weighted by Gasteiger charge is 2.07. The fourth-order valence-electron chi connectivity index (χ4n) is 3.28. The number of nitrogens with one attached hydrogen (secondary N) is 1.